The van der Waals surface area contributed by atoms with E-state index in [1.807, 2.05) is 66.9 Å². The van der Waals surface area contributed by atoms with Crippen molar-refractivity contribution < 1.29 is 4.79 Å². The van der Waals surface area contributed by atoms with Crippen molar-refractivity contribution in [3.8, 4) is 0 Å². The molecular formula is C17H17N3O. The maximum absolute atomic E-state index is 12.5. The second kappa shape index (κ2) is 5.40. The zero-order chi connectivity index (χ0) is 14.8. The number of anilines is 1. The second-order valence-electron chi connectivity index (χ2n) is 5.01. The van der Waals surface area contributed by atoms with E-state index in [1.54, 1.807) is 0 Å². The Kier molecular flexibility index (Phi) is 3.44. The largest absolute Gasteiger partial charge is 0.321 e. The number of benzene rings is 1. The predicted molar refractivity (Wildman–Crippen MR) is 83.7 cm³/mol. The molecule has 0 atom stereocenters. The molecule has 106 valence electrons. The van der Waals surface area contributed by atoms with E-state index in [0.717, 1.165) is 29.0 Å². The number of aromatic nitrogens is 2. The molecule has 0 aliphatic heterocycles. The molecule has 4 nitrogen and oxygen atoms in total. The minimum absolute atomic E-state index is 0.178. The van der Waals surface area contributed by atoms with Gasteiger partial charge in [0.1, 0.15) is 5.82 Å². The molecule has 0 aliphatic carbocycles. The van der Waals surface area contributed by atoms with Gasteiger partial charge < -0.3 is 9.72 Å². The quantitative estimate of drug-likeness (QED) is 0.798. The molecule has 3 aromatic rings. The van der Waals surface area contributed by atoms with Crippen LogP contribution in [-0.2, 0) is 6.42 Å². The van der Waals surface area contributed by atoms with Crippen LogP contribution in [0.2, 0.25) is 0 Å². The Balaban J connectivity index is 1.96. The van der Waals surface area contributed by atoms with Crippen molar-refractivity contribution in [1.29, 1.82) is 0 Å². The number of rotatable bonds is 3. The van der Waals surface area contributed by atoms with Gasteiger partial charge in [0.25, 0.3) is 5.91 Å². The van der Waals surface area contributed by atoms with Crippen molar-refractivity contribution in [2.24, 2.45) is 0 Å². The van der Waals surface area contributed by atoms with Gasteiger partial charge in [-0.3, -0.25) is 4.79 Å². The fraction of sp³-hybridized carbons (Fsp3) is 0.176. The number of nitrogens with zero attached hydrogens (tertiary/aromatic N) is 2. The summed E-state index contributed by atoms with van der Waals surface area (Å²) in [5.74, 6) is 0.710. The van der Waals surface area contributed by atoms with Crippen molar-refractivity contribution >= 4 is 17.1 Å². The molecule has 0 unspecified atom stereocenters. The van der Waals surface area contributed by atoms with Gasteiger partial charge in [0.05, 0.1) is 5.52 Å². The van der Waals surface area contributed by atoms with Crippen LogP contribution in [0.25, 0.3) is 5.52 Å². The van der Waals surface area contributed by atoms with Gasteiger partial charge in [-0.05, 0) is 31.2 Å². The molecule has 0 fully saturated rings. The number of carbonyl (C=O) groups is 1. The number of hydrogen-bond acceptors (Lipinski definition) is 2. The summed E-state index contributed by atoms with van der Waals surface area (Å²) in [6, 6.07) is 13.5. The van der Waals surface area contributed by atoms with Crippen LogP contribution in [0.5, 0.6) is 0 Å². The van der Waals surface area contributed by atoms with Gasteiger partial charge in [0.15, 0.2) is 5.69 Å². The van der Waals surface area contributed by atoms with Gasteiger partial charge in [-0.25, -0.2) is 4.98 Å². The maximum Gasteiger partial charge on any atom is 0.276 e. The number of imidazole rings is 1. The molecule has 1 aromatic carbocycles. The minimum Gasteiger partial charge on any atom is -0.321 e. The zero-order valence-electron chi connectivity index (χ0n) is 12.1. The summed E-state index contributed by atoms with van der Waals surface area (Å²) in [6.45, 7) is 4.05. The van der Waals surface area contributed by atoms with Crippen molar-refractivity contribution in [2.75, 3.05) is 5.32 Å². The SMILES string of the molecule is CCc1nc(C(=O)Nc2ccc(C)cc2)c2ccccn12. The lowest BCUT2D eigenvalue weighted by molar-refractivity contribution is 0.102. The number of carbonyl (C=O) groups excluding carboxylic acids is 1. The fourth-order valence-electron chi connectivity index (χ4n) is 2.35. The second-order valence-corrected chi connectivity index (χ2v) is 5.01. The molecule has 1 N–H and O–H groups in total. The predicted octanol–water partition coefficient (Wildman–Crippen LogP) is 3.46. The van der Waals surface area contributed by atoms with E-state index in [2.05, 4.69) is 10.3 Å². The highest BCUT2D eigenvalue weighted by Crippen LogP contribution is 2.16. The summed E-state index contributed by atoms with van der Waals surface area (Å²) in [4.78, 5) is 16.9. The average molecular weight is 279 g/mol. The standard InChI is InChI=1S/C17H17N3O/c1-3-15-19-16(14-6-4-5-11-20(14)15)17(21)18-13-9-7-12(2)8-10-13/h4-11H,3H2,1-2H3,(H,18,21). The van der Waals surface area contributed by atoms with Crippen LogP contribution in [0, 0.1) is 6.92 Å². The van der Waals surface area contributed by atoms with E-state index in [4.69, 9.17) is 0 Å². The third-order valence-corrected chi connectivity index (χ3v) is 3.46. The molecule has 3 rings (SSSR count). The van der Waals surface area contributed by atoms with E-state index >= 15 is 0 Å². The van der Waals surface area contributed by atoms with Crippen molar-refractivity contribution in [1.82, 2.24) is 9.38 Å². The van der Waals surface area contributed by atoms with Crippen molar-refractivity contribution in [3.05, 3.63) is 65.7 Å². The molecule has 0 spiro atoms. The minimum atomic E-state index is -0.178. The topological polar surface area (TPSA) is 46.4 Å². The van der Waals surface area contributed by atoms with Crippen LogP contribution in [0.4, 0.5) is 5.69 Å². The first kappa shape index (κ1) is 13.4. The van der Waals surface area contributed by atoms with E-state index in [0.29, 0.717) is 5.69 Å². The Morgan fingerprint density at radius 1 is 1.19 bits per heavy atom. The lowest BCUT2D eigenvalue weighted by atomic mass is 10.2. The summed E-state index contributed by atoms with van der Waals surface area (Å²) in [6.07, 6.45) is 2.72. The number of fused-ring (bicyclic) bond motifs is 1. The summed E-state index contributed by atoms with van der Waals surface area (Å²) in [5, 5.41) is 2.90. The Hall–Kier alpha value is -2.62. The van der Waals surface area contributed by atoms with Gasteiger partial charge in [-0.1, -0.05) is 30.7 Å². The molecule has 0 aliphatic rings. The molecule has 4 heteroatoms. The first-order valence-electron chi connectivity index (χ1n) is 7.03. The maximum atomic E-state index is 12.5. The molecule has 1 amide bonds. The Bertz CT molecular complexity index is 787. The number of pyridine rings is 1. The number of nitrogens with one attached hydrogen (secondary N) is 1. The molecule has 0 radical (unpaired) electrons. The van der Waals surface area contributed by atoms with Crippen LogP contribution < -0.4 is 5.32 Å². The fourth-order valence-corrected chi connectivity index (χ4v) is 2.35. The van der Waals surface area contributed by atoms with Crippen LogP contribution in [-0.4, -0.2) is 15.3 Å². The molecule has 2 heterocycles. The normalized spacial score (nSPS) is 10.8. The molecule has 0 bridgehead atoms. The van der Waals surface area contributed by atoms with Crippen LogP contribution in [0.3, 0.4) is 0 Å². The Morgan fingerprint density at radius 3 is 2.67 bits per heavy atom. The lowest BCUT2D eigenvalue weighted by Gasteiger charge is -2.04. The van der Waals surface area contributed by atoms with Crippen molar-refractivity contribution in [2.45, 2.75) is 20.3 Å². The number of aryl methyl sites for hydroxylation is 2. The summed E-state index contributed by atoms with van der Waals surface area (Å²) in [7, 11) is 0. The Labute approximate surface area is 123 Å². The smallest absolute Gasteiger partial charge is 0.276 e. The molecular weight excluding hydrogens is 262 g/mol. The molecule has 0 saturated heterocycles. The zero-order valence-corrected chi connectivity index (χ0v) is 12.1. The van der Waals surface area contributed by atoms with Crippen LogP contribution in [0.15, 0.2) is 48.7 Å². The van der Waals surface area contributed by atoms with Crippen LogP contribution >= 0.6 is 0 Å². The monoisotopic (exact) mass is 279 g/mol. The third-order valence-electron chi connectivity index (χ3n) is 3.46. The molecule has 2 aromatic heterocycles. The average Bonchev–Trinajstić information content (AvgIpc) is 2.88. The first-order chi connectivity index (χ1) is 10.2. The summed E-state index contributed by atoms with van der Waals surface area (Å²) < 4.78 is 1.96. The van der Waals surface area contributed by atoms with Gasteiger partial charge in [-0.15, -0.1) is 0 Å². The van der Waals surface area contributed by atoms with Gasteiger partial charge >= 0.3 is 0 Å². The number of amides is 1. The van der Waals surface area contributed by atoms with E-state index in [1.165, 1.54) is 0 Å². The van der Waals surface area contributed by atoms with Crippen LogP contribution in [0.1, 0.15) is 28.8 Å². The van der Waals surface area contributed by atoms with Gasteiger partial charge in [-0.2, -0.15) is 0 Å². The van der Waals surface area contributed by atoms with E-state index in [9.17, 15) is 4.79 Å². The highest BCUT2D eigenvalue weighted by atomic mass is 16.1. The highest BCUT2D eigenvalue weighted by Gasteiger charge is 2.16. The van der Waals surface area contributed by atoms with E-state index < -0.39 is 0 Å². The van der Waals surface area contributed by atoms with Crippen molar-refractivity contribution in [3.63, 3.8) is 0 Å². The summed E-state index contributed by atoms with van der Waals surface area (Å²) in [5.41, 5.74) is 3.24. The van der Waals surface area contributed by atoms with E-state index in [-0.39, 0.29) is 5.91 Å². The van der Waals surface area contributed by atoms with Gasteiger partial charge in [0, 0.05) is 18.3 Å². The van der Waals surface area contributed by atoms with Gasteiger partial charge in [0.2, 0.25) is 0 Å². The number of hydrogen-bond donors (Lipinski definition) is 1. The first-order valence-corrected chi connectivity index (χ1v) is 7.03. The highest BCUT2D eigenvalue weighted by molar-refractivity contribution is 6.07. The lowest BCUT2D eigenvalue weighted by Crippen LogP contribution is -2.12. The third kappa shape index (κ3) is 2.52. The molecule has 21 heavy (non-hydrogen) atoms. The molecule has 0 saturated carbocycles. The summed E-state index contributed by atoms with van der Waals surface area (Å²) >= 11 is 0. The Morgan fingerprint density at radius 2 is 1.95 bits per heavy atom.